The highest BCUT2D eigenvalue weighted by atomic mass is 16.6. The normalized spacial score (nSPS) is 13.4. The lowest BCUT2D eigenvalue weighted by Gasteiger charge is -2.24. The molecular formula is C27H36N4O7. The van der Waals surface area contributed by atoms with Gasteiger partial charge in [-0.2, -0.15) is 0 Å². The number of amides is 4. The zero-order chi connectivity index (χ0) is 28.3. The predicted octanol–water partition coefficient (Wildman–Crippen LogP) is 1.17. The third-order valence-electron chi connectivity index (χ3n) is 5.14. The predicted molar refractivity (Wildman–Crippen MR) is 140 cm³/mol. The molecule has 11 nitrogen and oxygen atoms in total. The van der Waals surface area contributed by atoms with Crippen molar-refractivity contribution in [3.63, 3.8) is 0 Å². The van der Waals surface area contributed by atoms with Gasteiger partial charge in [0.05, 0.1) is 6.10 Å². The molecule has 4 amide bonds. The van der Waals surface area contributed by atoms with Gasteiger partial charge in [-0.25, -0.2) is 4.79 Å². The standard InChI is InChI=1S/C27H36N4O7/c1-17(32)23(24(28)34)31-25(35)21(30-22(33)15-29-26(36)38-27(2,3)4)14-18-10-12-20(13-11-18)37-16-19-8-6-5-7-9-19/h5-13,17,21,23,32H,14-16H2,1-4H3,(H2,28,34)(H,29,36)(H,30,33)(H,31,35)/t17-,21+,23+/m0/s1. The first-order valence-corrected chi connectivity index (χ1v) is 12.1. The van der Waals surface area contributed by atoms with Crippen molar-refractivity contribution < 1.29 is 33.8 Å². The molecule has 0 saturated heterocycles. The van der Waals surface area contributed by atoms with Gasteiger partial charge >= 0.3 is 6.09 Å². The summed E-state index contributed by atoms with van der Waals surface area (Å²) in [6.45, 7) is 6.30. The average Bonchev–Trinajstić information content (AvgIpc) is 2.84. The summed E-state index contributed by atoms with van der Waals surface area (Å²) in [6, 6.07) is 14.1. The molecule has 6 N–H and O–H groups in total. The van der Waals surface area contributed by atoms with Crippen molar-refractivity contribution in [3.05, 3.63) is 65.7 Å². The number of hydrogen-bond acceptors (Lipinski definition) is 7. The molecule has 0 fully saturated rings. The fourth-order valence-electron chi connectivity index (χ4n) is 3.30. The molecule has 2 aromatic carbocycles. The summed E-state index contributed by atoms with van der Waals surface area (Å²) in [6.07, 6.45) is -1.99. The smallest absolute Gasteiger partial charge is 0.408 e. The van der Waals surface area contributed by atoms with Crippen LogP contribution in [0.1, 0.15) is 38.8 Å². The average molecular weight is 529 g/mol. The van der Waals surface area contributed by atoms with Gasteiger partial charge in [0.2, 0.25) is 17.7 Å². The second kappa shape index (κ2) is 14.0. The van der Waals surface area contributed by atoms with E-state index in [0.717, 1.165) is 5.56 Å². The third kappa shape index (κ3) is 10.9. The van der Waals surface area contributed by atoms with Crippen molar-refractivity contribution >= 4 is 23.8 Å². The van der Waals surface area contributed by atoms with Crippen molar-refractivity contribution in [1.82, 2.24) is 16.0 Å². The fourth-order valence-corrected chi connectivity index (χ4v) is 3.30. The Morgan fingerprint density at radius 1 is 0.947 bits per heavy atom. The van der Waals surface area contributed by atoms with Gasteiger partial charge in [0.25, 0.3) is 0 Å². The quantitative estimate of drug-likeness (QED) is 0.275. The van der Waals surface area contributed by atoms with Crippen LogP contribution in [0.4, 0.5) is 4.79 Å². The summed E-state index contributed by atoms with van der Waals surface area (Å²) in [5.41, 5.74) is 6.23. The summed E-state index contributed by atoms with van der Waals surface area (Å²) in [7, 11) is 0. The maximum absolute atomic E-state index is 13.0. The van der Waals surface area contributed by atoms with E-state index in [0.29, 0.717) is 17.9 Å². The summed E-state index contributed by atoms with van der Waals surface area (Å²) >= 11 is 0. The van der Waals surface area contributed by atoms with Crippen LogP contribution in [0.2, 0.25) is 0 Å². The van der Waals surface area contributed by atoms with Gasteiger partial charge < -0.3 is 36.3 Å². The molecule has 11 heteroatoms. The molecule has 0 aliphatic carbocycles. The number of nitrogens with one attached hydrogen (secondary N) is 3. The van der Waals surface area contributed by atoms with Crippen LogP contribution in [-0.4, -0.2) is 59.3 Å². The number of aliphatic hydroxyl groups excluding tert-OH is 1. The van der Waals surface area contributed by atoms with Crippen molar-refractivity contribution in [2.45, 2.75) is 64.5 Å². The maximum atomic E-state index is 13.0. The van der Waals surface area contributed by atoms with E-state index in [1.807, 2.05) is 30.3 Å². The number of primary amides is 1. The van der Waals surface area contributed by atoms with Gasteiger partial charge in [0, 0.05) is 6.42 Å². The second-order valence-electron chi connectivity index (χ2n) is 9.73. The van der Waals surface area contributed by atoms with E-state index in [9.17, 15) is 24.3 Å². The van der Waals surface area contributed by atoms with Crippen molar-refractivity contribution in [1.29, 1.82) is 0 Å². The van der Waals surface area contributed by atoms with Crippen LogP contribution >= 0.6 is 0 Å². The number of carbonyl (C=O) groups is 4. The molecule has 0 saturated carbocycles. The molecule has 0 heterocycles. The van der Waals surface area contributed by atoms with Gasteiger partial charge in [-0.15, -0.1) is 0 Å². The van der Waals surface area contributed by atoms with Gasteiger partial charge in [-0.1, -0.05) is 42.5 Å². The molecule has 0 radical (unpaired) electrons. The SMILES string of the molecule is C[C@H](O)[C@@H](NC(=O)[C@@H](Cc1ccc(OCc2ccccc2)cc1)NC(=O)CNC(=O)OC(C)(C)C)C(N)=O. The molecule has 38 heavy (non-hydrogen) atoms. The topological polar surface area (TPSA) is 169 Å². The highest BCUT2D eigenvalue weighted by Gasteiger charge is 2.29. The lowest BCUT2D eigenvalue weighted by atomic mass is 10.0. The van der Waals surface area contributed by atoms with Crippen LogP contribution in [0.25, 0.3) is 0 Å². The van der Waals surface area contributed by atoms with E-state index in [4.69, 9.17) is 15.2 Å². The van der Waals surface area contributed by atoms with E-state index in [2.05, 4.69) is 16.0 Å². The maximum Gasteiger partial charge on any atom is 0.408 e. The first kappa shape index (κ1) is 30.1. The number of benzene rings is 2. The van der Waals surface area contributed by atoms with Crippen molar-refractivity contribution in [2.24, 2.45) is 5.73 Å². The fraction of sp³-hybridized carbons (Fsp3) is 0.407. The molecular weight excluding hydrogens is 492 g/mol. The lowest BCUT2D eigenvalue weighted by Crippen LogP contribution is -2.57. The number of nitrogens with two attached hydrogens (primary N) is 1. The lowest BCUT2D eigenvalue weighted by molar-refractivity contribution is -0.132. The van der Waals surface area contributed by atoms with Gasteiger partial charge in [-0.3, -0.25) is 14.4 Å². The van der Waals surface area contributed by atoms with Gasteiger partial charge in [0.15, 0.2) is 0 Å². The minimum atomic E-state index is -1.35. The van der Waals surface area contributed by atoms with Crippen LogP contribution < -0.4 is 26.4 Å². The molecule has 3 atom stereocenters. The Bertz CT molecular complexity index is 1080. The first-order chi connectivity index (χ1) is 17.8. The van der Waals surface area contributed by atoms with Crippen LogP contribution in [0, 0.1) is 0 Å². The van der Waals surface area contributed by atoms with Crippen molar-refractivity contribution in [2.75, 3.05) is 6.54 Å². The van der Waals surface area contributed by atoms with E-state index >= 15 is 0 Å². The molecule has 206 valence electrons. The number of aliphatic hydroxyl groups is 1. The van der Waals surface area contributed by atoms with Crippen LogP contribution in [0.5, 0.6) is 5.75 Å². The zero-order valence-corrected chi connectivity index (χ0v) is 22.0. The Labute approximate surface area is 222 Å². The van der Waals surface area contributed by atoms with Crippen molar-refractivity contribution in [3.8, 4) is 5.75 Å². The molecule has 0 spiro atoms. The third-order valence-corrected chi connectivity index (χ3v) is 5.14. The number of rotatable bonds is 12. The molecule has 0 bridgehead atoms. The molecule has 0 unspecified atom stereocenters. The van der Waals surface area contributed by atoms with Crippen LogP contribution in [0.15, 0.2) is 54.6 Å². The van der Waals surface area contributed by atoms with Gasteiger partial charge in [-0.05, 0) is 51.0 Å². The number of alkyl carbamates (subject to hydrolysis) is 1. The molecule has 2 rings (SSSR count). The number of ether oxygens (including phenoxy) is 2. The second-order valence-corrected chi connectivity index (χ2v) is 9.73. The summed E-state index contributed by atoms with van der Waals surface area (Å²) in [5.74, 6) is -1.70. The van der Waals surface area contributed by atoms with Crippen LogP contribution in [-0.2, 0) is 32.1 Å². The summed E-state index contributed by atoms with van der Waals surface area (Å²) in [4.78, 5) is 49.0. The minimum Gasteiger partial charge on any atom is -0.489 e. The number of carbonyl (C=O) groups excluding carboxylic acids is 4. The monoisotopic (exact) mass is 528 g/mol. The van der Waals surface area contributed by atoms with E-state index in [-0.39, 0.29) is 6.42 Å². The molecule has 0 aromatic heterocycles. The highest BCUT2D eigenvalue weighted by molar-refractivity contribution is 5.92. The van der Waals surface area contributed by atoms with E-state index in [1.165, 1.54) is 6.92 Å². The summed E-state index contributed by atoms with van der Waals surface area (Å²) in [5, 5.41) is 17.0. The molecule has 2 aromatic rings. The molecule has 0 aliphatic rings. The Hall–Kier alpha value is -4.12. The van der Waals surface area contributed by atoms with Gasteiger partial charge in [0.1, 0.15) is 36.6 Å². The Morgan fingerprint density at radius 2 is 1.58 bits per heavy atom. The highest BCUT2D eigenvalue weighted by Crippen LogP contribution is 2.16. The van der Waals surface area contributed by atoms with E-state index in [1.54, 1.807) is 45.0 Å². The minimum absolute atomic E-state index is 0.0499. The number of hydrogen-bond donors (Lipinski definition) is 5. The largest absolute Gasteiger partial charge is 0.489 e. The Balaban J connectivity index is 2.07. The first-order valence-electron chi connectivity index (χ1n) is 12.1. The van der Waals surface area contributed by atoms with E-state index < -0.39 is 54.1 Å². The molecule has 0 aliphatic heterocycles. The Morgan fingerprint density at radius 3 is 2.13 bits per heavy atom. The zero-order valence-electron chi connectivity index (χ0n) is 22.0. The summed E-state index contributed by atoms with van der Waals surface area (Å²) < 4.78 is 10.9. The Kier molecular flexibility index (Phi) is 11.1. The van der Waals surface area contributed by atoms with Crippen LogP contribution in [0.3, 0.4) is 0 Å².